The summed E-state index contributed by atoms with van der Waals surface area (Å²) < 4.78 is 25.1. The molecule has 1 aliphatic heterocycles. The zero-order chi connectivity index (χ0) is 16.5. The highest BCUT2D eigenvalue weighted by Crippen LogP contribution is 2.37. The summed E-state index contributed by atoms with van der Waals surface area (Å²) in [6.07, 6.45) is 0. The maximum Gasteiger partial charge on any atom is 0.272 e. The first-order chi connectivity index (χ1) is 10.3. The van der Waals surface area contributed by atoms with Crippen molar-refractivity contribution in [3.05, 3.63) is 32.3 Å². The summed E-state index contributed by atoms with van der Waals surface area (Å²) in [4.78, 5) is 12.1. The second kappa shape index (κ2) is 6.57. The smallest absolute Gasteiger partial charge is 0.272 e. The Bertz CT molecular complexity index is 665. The number of nitro benzene ring substituents is 1. The van der Waals surface area contributed by atoms with E-state index < -0.39 is 14.9 Å². The van der Waals surface area contributed by atoms with E-state index in [0.717, 1.165) is 0 Å². The third-order valence-corrected chi connectivity index (χ3v) is 5.98. The van der Waals surface area contributed by atoms with Crippen LogP contribution in [0.4, 0.5) is 11.4 Å². The van der Waals surface area contributed by atoms with E-state index in [-0.39, 0.29) is 21.5 Å². The summed E-state index contributed by atoms with van der Waals surface area (Å²) in [7, 11) is -3.21. The van der Waals surface area contributed by atoms with E-state index in [0.29, 0.717) is 31.9 Å². The van der Waals surface area contributed by atoms with Gasteiger partial charge in [-0.1, -0.05) is 23.2 Å². The van der Waals surface area contributed by atoms with Gasteiger partial charge in [0.05, 0.1) is 26.4 Å². The van der Waals surface area contributed by atoms with Crippen molar-refractivity contribution in [2.45, 2.75) is 6.92 Å². The third kappa shape index (κ3) is 3.45. The quantitative estimate of drug-likeness (QED) is 0.602. The predicted octanol–water partition coefficient (Wildman–Crippen LogP) is 2.37. The van der Waals surface area contributed by atoms with Crippen LogP contribution < -0.4 is 4.90 Å². The molecule has 0 N–H and O–H groups in total. The van der Waals surface area contributed by atoms with E-state index in [9.17, 15) is 18.5 Å². The first kappa shape index (κ1) is 17.3. The molecule has 1 fully saturated rings. The maximum absolute atomic E-state index is 11.8. The Labute approximate surface area is 138 Å². The Morgan fingerprint density at radius 1 is 1.18 bits per heavy atom. The molecule has 0 aromatic heterocycles. The number of non-ortho nitro benzene ring substituents is 1. The fourth-order valence-corrected chi connectivity index (χ4v) is 4.13. The molecule has 122 valence electrons. The van der Waals surface area contributed by atoms with Crippen molar-refractivity contribution in [2.24, 2.45) is 0 Å². The van der Waals surface area contributed by atoms with Gasteiger partial charge in [-0.2, -0.15) is 4.31 Å². The molecule has 1 aromatic carbocycles. The molecule has 2 rings (SSSR count). The minimum absolute atomic E-state index is 0.0616. The van der Waals surface area contributed by atoms with E-state index in [1.54, 1.807) is 6.92 Å². The standard InChI is InChI=1S/C12H15Cl2N3O4S/c1-2-22(20,21)16-5-3-15(4-6-16)12-10(13)7-9(17(18)19)8-11(12)14/h7-8H,2-6H2,1H3. The highest BCUT2D eigenvalue weighted by molar-refractivity contribution is 7.89. The number of hydrogen-bond acceptors (Lipinski definition) is 5. The van der Waals surface area contributed by atoms with Gasteiger partial charge in [-0.15, -0.1) is 0 Å². The van der Waals surface area contributed by atoms with Gasteiger partial charge in [0.25, 0.3) is 5.69 Å². The maximum atomic E-state index is 11.8. The summed E-state index contributed by atoms with van der Waals surface area (Å²) in [5.41, 5.74) is 0.327. The minimum Gasteiger partial charge on any atom is -0.366 e. The lowest BCUT2D eigenvalue weighted by Gasteiger charge is -2.36. The average molecular weight is 368 g/mol. The van der Waals surface area contributed by atoms with Gasteiger partial charge in [0.15, 0.2) is 0 Å². The molecule has 0 amide bonds. The van der Waals surface area contributed by atoms with E-state index in [2.05, 4.69) is 0 Å². The lowest BCUT2D eigenvalue weighted by atomic mass is 10.2. The molecule has 10 heteroatoms. The lowest BCUT2D eigenvalue weighted by Crippen LogP contribution is -2.49. The Morgan fingerprint density at radius 2 is 1.68 bits per heavy atom. The second-order valence-corrected chi connectivity index (χ2v) is 7.87. The number of benzene rings is 1. The Kier molecular flexibility index (Phi) is 5.16. The largest absolute Gasteiger partial charge is 0.366 e. The molecule has 7 nitrogen and oxygen atoms in total. The van der Waals surface area contributed by atoms with Crippen molar-refractivity contribution < 1.29 is 13.3 Å². The molecule has 0 saturated carbocycles. The molecular formula is C12H15Cl2N3O4S. The number of halogens is 2. The Hall–Kier alpha value is -1.09. The number of sulfonamides is 1. The van der Waals surface area contributed by atoms with Crippen LogP contribution >= 0.6 is 23.2 Å². The minimum atomic E-state index is -3.21. The zero-order valence-electron chi connectivity index (χ0n) is 11.8. The van der Waals surface area contributed by atoms with Gasteiger partial charge in [-0.05, 0) is 6.92 Å². The lowest BCUT2D eigenvalue weighted by molar-refractivity contribution is -0.384. The van der Waals surface area contributed by atoms with Gasteiger partial charge in [-0.25, -0.2) is 8.42 Å². The highest BCUT2D eigenvalue weighted by atomic mass is 35.5. The van der Waals surface area contributed by atoms with Crippen LogP contribution in [-0.2, 0) is 10.0 Å². The van der Waals surface area contributed by atoms with Crippen LogP contribution in [0.25, 0.3) is 0 Å². The number of piperazine rings is 1. The van der Waals surface area contributed by atoms with Crippen LogP contribution in [0.2, 0.25) is 10.0 Å². The van der Waals surface area contributed by atoms with Gasteiger partial charge in [0.2, 0.25) is 10.0 Å². The molecule has 1 aliphatic rings. The number of nitro groups is 1. The van der Waals surface area contributed by atoms with Crippen LogP contribution in [-0.4, -0.2) is 49.6 Å². The SMILES string of the molecule is CCS(=O)(=O)N1CCN(c2c(Cl)cc([N+](=O)[O-])cc2Cl)CC1. The number of rotatable bonds is 4. The van der Waals surface area contributed by atoms with Gasteiger partial charge in [0.1, 0.15) is 0 Å². The van der Waals surface area contributed by atoms with Crippen molar-refractivity contribution in [1.82, 2.24) is 4.31 Å². The van der Waals surface area contributed by atoms with Crippen LogP contribution in [0, 0.1) is 10.1 Å². The molecule has 1 aromatic rings. The van der Waals surface area contributed by atoms with Crippen molar-refractivity contribution in [3.63, 3.8) is 0 Å². The summed E-state index contributed by atoms with van der Waals surface area (Å²) >= 11 is 12.2. The van der Waals surface area contributed by atoms with Crippen LogP contribution in [0.3, 0.4) is 0 Å². The van der Waals surface area contributed by atoms with E-state index >= 15 is 0 Å². The van der Waals surface area contributed by atoms with Crippen LogP contribution in [0.15, 0.2) is 12.1 Å². The number of anilines is 1. The number of hydrogen-bond donors (Lipinski definition) is 0. The first-order valence-electron chi connectivity index (χ1n) is 6.62. The zero-order valence-corrected chi connectivity index (χ0v) is 14.2. The molecule has 22 heavy (non-hydrogen) atoms. The summed E-state index contributed by atoms with van der Waals surface area (Å²) in [6, 6.07) is 2.50. The van der Waals surface area contributed by atoms with Crippen molar-refractivity contribution in [3.8, 4) is 0 Å². The molecular weight excluding hydrogens is 353 g/mol. The third-order valence-electron chi connectivity index (χ3n) is 3.53. The number of nitrogens with zero attached hydrogens (tertiary/aromatic N) is 3. The molecule has 0 unspecified atom stereocenters. The Morgan fingerprint density at radius 3 is 2.09 bits per heavy atom. The topological polar surface area (TPSA) is 83.8 Å². The fourth-order valence-electron chi connectivity index (χ4n) is 2.33. The monoisotopic (exact) mass is 367 g/mol. The van der Waals surface area contributed by atoms with Crippen LogP contribution in [0.1, 0.15) is 6.92 Å². The van der Waals surface area contributed by atoms with E-state index in [1.165, 1.54) is 16.4 Å². The first-order valence-corrected chi connectivity index (χ1v) is 8.99. The van der Waals surface area contributed by atoms with Crippen LogP contribution in [0.5, 0.6) is 0 Å². The van der Waals surface area contributed by atoms with Gasteiger partial charge >= 0.3 is 0 Å². The molecule has 0 aliphatic carbocycles. The summed E-state index contributed by atoms with van der Waals surface area (Å²) in [5.74, 6) is 0.0616. The van der Waals surface area contributed by atoms with E-state index in [1.807, 2.05) is 4.90 Å². The van der Waals surface area contributed by atoms with E-state index in [4.69, 9.17) is 23.2 Å². The Balaban J connectivity index is 2.20. The van der Waals surface area contributed by atoms with Gasteiger partial charge < -0.3 is 4.90 Å². The second-order valence-electron chi connectivity index (χ2n) is 4.80. The normalized spacial score (nSPS) is 16.8. The molecule has 0 radical (unpaired) electrons. The molecule has 1 heterocycles. The van der Waals surface area contributed by atoms with Gasteiger partial charge in [-0.3, -0.25) is 10.1 Å². The highest BCUT2D eigenvalue weighted by Gasteiger charge is 2.28. The molecule has 1 saturated heterocycles. The fraction of sp³-hybridized carbons (Fsp3) is 0.500. The van der Waals surface area contributed by atoms with Gasteiger partial charge in [0, 0.05) is 38.3 Å². The summed E-state index contributed by atoms with van der Waals surface area (Å²) in [5, 5.41) is 11.2. The molecule has 0 bridgehead atoms. The average Bonchev–Trinajstić information content (AvgIpc) is 2.47. The van der Waals surface area contributed by atoms with Crippen molar-refractivity contribution in [2.75, 3.05) is 36.8 Å². The van der Waals surface area contributed by atoms with Crippen molar-refractivity contribution in [1.29, 1.82) is 0 Å². The summed E-state index contributed by atoms with van der Waals surface area (Å²) in [6.45, 7) is 3.12. The van der Waals surface area contributed by atoms with Crippen molar-refractivity contribution >= 4 is 44.6 Å². The molecule has 0 spiro atoms. The predicted molar refractivity (Wildman–Crippen MR) is 86.4 cm³/mol. The molecule has 0 atom stereocenters.